The first-order valence-electron chi connectivity index (χ1n) is 7.21. The average Bonchev–Trinajstić information content (AvgIpc) is 3.23. The first-order valence-corrected chi connectivity index (χ1v) is 7.21. The summed E-state index contributed by atoms with van der Waals surface area (Å²) in [6, 6.07) is 2.76. The topological polar surface area (TPSA) is 50.4 Å². The van der Waals surface area contributed by atoms with Gasteiger partial charge in [0.2, 0.25) is 5.91 Å². The van der Waals surface area contributed by atoms with Crippen LogP contribution in [0.5, 0.6) is 5.75 Å². The molecular formula is C15H20F2N2O2. The predicted molar refractivity (Wildman–Crippen MR) is 75.0 cm³/mol. The second kappa shape index (κ2) is 7.36. The van der Waals surface area contributed by atoms with Gasteiger partial charge in [-0.1, -0.05) is 6.92 Å². The van der Waals surface area contributed by atoms with Crippen molar-refractivity contribution in [3.05, 3.63) is 29.3 Å². The zero-order chi connectivity index (χ0) is 15.2. The van der Waals surface area contributed by atoms with Gasteiger partial charge in [-0.3, -0.25) is 4.79 Å². The summed E-state index contributed by atoms with van der Waals surface area (Å²) in [6.07, 6.45) is 2.10. The fraction of sp³-hybridized carbons (Fsp3) is 0.533. The first kappa shape index (κ1) is 15.7. The van der Waals surface area contributed by atoms with Crippen molar-refractivity contribution in [1.82, 2.24) is 10.6 Å². The molecule has 1 aliphatic rings. The van der Waals surface area contributed by atoms with E-state index in [-0.39, 0.29) is 25.0 Å². The highest BCUT2D eigenvalue weighted by atomic mass is 19.1. The highest BCUT2D eigenvalue weighted by Gasteiger charge is 2.23. The number of amides is 1. The Balaban J connectivity index is 1.85. The number of hydrogen-bond acceptors (Lipinski definition) is 3. The van der Waals surface area contributed by atoms with Crippen LogP contribution in [-0.2, 0) is 11.3 Å². The molecule has 1 fully saturated rings. The highest BCUT2D eigenvalue weighted by molar-refractivity contribution is 5.76. The smallest absolute Gasteiger partial charge is 0.223 e. The van der Waals surface area contributed by atoms with E-state index in [0.29, 0.717) is 12.1 Å². The van der Waals surface area contributed by atoms with Crippen molar-refractivity contribution in [3.63, 3.8) is 0 Å². The van der Waals surface area contributed by atoms with Crippen molar-refractivity contribution in [2.45, 2.75) is 38.8 Å². The Morgan fingerprint density at radius 2 is 2.00 bits per heavy atom. The van der Waals surface area contributed by atoms with Crippen molar-refractivity contribution >= 4 is 5.91 Å². The molecule has 1 amide bonds. The summed E-state index contributed by atoms with van der Waals surface area (Å²) >= 11 is 0. The number of carbonyl (C=O) groups is 1. The second-order valence-electron chi connectivity index (χ2n) is 5.11. The van der Waals surface area contributed by atoms with Gasteiger partial charge in [0.15, 0.2) is 17.4 Å². The van der Waals surface area contributed by atoms with E-state index >= 15 is 0 Å². The van der Waals surface area contributed by atoms with Crippen LogP contribution in [0.25, 0.3) is 0 Å². The Bertz CT molecular complexity index is 481. The number of benzene rings is 1. The molecule has 1 aromatic carbocycles. The molecule has 0 aromatic heterocycles. The van der Waals surface area contributed by atoms with Crippen LogP contribution in [0.4, 0.5) is 8.78 Å². The molecule has 21 heavy (non-hydrogen) atoms. The molecule has 1 saturated carbocycles. The van der Waals surface area contributed by atoms with Gasteiger partial charge in [0, 0.05) is 12.6 Å². The van der Waals surface area contributed by atoms with Crippen LogP contribution >= 0.6 is 0 Å². The lowest BCUT2D eigenvalue weighted by molar-refractivity contribution is -0.121. The molecule has 116 valence electrons. The molecule has 1 aromatic rings. The zero-order valence-electron chi connectivity index (χ0n) is 12.0. The lowest BCUT2D eigenvalue weighted by Crippen LogP contribution is -2.26. The van der Waals surface area contributed by atoms with E-state index in [9.17, 15) is 13.6 Å². The third kappa shape index (κ3) is 4.97. The molecule has 0 bridgehead atoms. The summed E-state index contributed by atoms with van der Waals surface area (Å²) in [4.78, 5) is 11.4. The third-order valence-electron chi connectivity index (χ3n) is 3.16. The molecule has 2 N–H and O–H groups in total. The molecule has 0 saturated heterocycles. The van der Waals surface area contributed by atoms with Gasteiger partial charge in [-0.2, -0.15) is 0 Å². The van der Waals surface area contributed by atoms with Crippen molar-refractivity contribution in [1.29, 1.82) is 0 Å². The maximum Gasteiger partial charge on any atom is 0.223 e. The third-order valence-corrected chi connectivity index (χ3v) is 3.16. The van der Waals surface area contributed by atoms with Gasteiger partial charge in [0.1, 0.15) is 0 Å². The van der Waals surface area contributed by atoms with E-state index in [2.05, 4.69) is 10.6 Å². The Morgan fingerprint density at radius 1 is 1.33 bits per heavy atom. The Labute approximate surface area is 122 Å². The Hall–Kier alpha value is -1.69. The Morgan fingerprint density at radius 3 is 2.57 bits per heavy atom. The van der Waals surface area contributed by atoms with E-state index in [1.807, 2.05) is 6.92 Å². The minimum Gasteiger partial charge on any atom is -0.487 e. The minimum absolute atomic E-state index is 0.0427. The number of rotatable bonds is 8. The van der Waals surface area contributed by atoms with Crippen molar-refractivity contribution in [2.75, 3.05) is 13.2 Å². The molecule has 0 radical (unpaired) electrons. The fourth-order valence-corrected chi connectivity index (χ4v) is 1.89. The second-order valence-corrected chi connectivity index (χ2v) is 5.11. The number of carbonyl (C=O) groups excluding carboxylic acids is 1. The van der Waals surface area contributed by atoms with Crippen LogP contribution in [0.1, 0.15) is 31.7 Å². The van der Waals surface area contributed by atoms with Gasteiger partial charge in [-0.05, 0) is 37.1 Å². The summed E-state index contributed by atoms with van der Waals surface area (Å²) < 4.78 is 32.6. The average molecular weight is 298 g/mol. The normalized spacial score (nSPS) is 14.0. The molecule has 6 heteroatoms. The van der Waals surface area contributed by atoms with Gasteiger partial charge in [0.05, 0.1) is 13.0 Å². The van der Waals surface area contributed by atoms with Crippen LogP contribution < -0.4 is 15.4 Å². The maximum atomic E-state index is 13.8. The number of hydrogen-bond donors (Lipinski definition) is 2. The number of ether oxygens (including phenoxy) is 1. The minimum atomic E-state index is -0.745. The van der Waals surface area contributed by atoms with Crippen LogP contribution in [0.2, 0.25) is 0 Å². The summed E-state index contributed by atoms with van der Waals surface area (Å²) in [6.45, 7) is 2.99. The van der Waals surface area contributed by atoms with Gasteiger partial charge < -0.3 is 15.4 Å². The van der Waals surface area contributed by atoms with Crippen LogP contribution in [-0.4, -0.2) is 25.1 Å². The molecule has 0 atom stereocenters. The molecule has 0 aliphatic heterocycles. The summed E-state index contributed by atoms with van der Waals surface area (Å²) in [7, 11) is 0. The van der Waals surface area contributed by atoms with E-state index in [0.717, 1.165) is 19.4 Å². The van der Waals surface area contributed by atoms with E-state index in [1.54, 1.807) is 0 Å². The van der Waals surface area contributed by atoms with Gasteiger partial charge in [0.25, 0.3) is 0 Å². The van der Waals surface area contributed by atoms with E-state index < -0.39 is 17.4 Å². The quantitative estimate of drug-likeness (QED) is 0.773. The molecule has 0 heterocycles. The van der Waals surface area contributed by atoms with Crippen molar-refractivity contribution in [3.8, 4) is 5.75 Å². The van der Waals surface area contributed by atoms with E-state index in [1.165, 1.54) is 12.1 Å². The van der Waals surface area contributed by atoms with Crippen LogP contribution in [0.3, 0.4) is 0 Å². The summed E-state index contributed by atoms with van der Waals surface area (Å²) in [5.74, 6) is -2.06. The molecule has 2 rings (SSSR count). The maximum absolute atomic E-state index is 13.8. The number of nitrogens with one attached hydrogen (secondary N) is 2. The standard InChI is InChI=1S/C15H20F2N2O2/c1-2-18-9-10-7-12(16)15(13(17)8-10)21-6-5-14(20)19-11-3-4-11/h7-8,11,18H,2-6,9H2,1H3,(H,19,20). The predicted octanol–water partition coefficient (Wildman–Crippen LogP) is 2.12. The van der Waals surface area contributed by atoms with Crippen molar-refractivity contribution in [2.24, 2.45) is 0 Å². The van der Waals surface area contributed by atoms with Gasteiger partial charge in [-0.15, -0.1) is 0 Å². The molecule has 4 nitrogen and oxygen atoms in total. The molecule has 0 unspecified atom stereocenters. The lowest BCUT2D eigenvalue weighted by atomic mass is 10.2. The van der Waals surface area contributed by atoms with Crippen molar-refractivity contribution < 1.29 is 18.3 Å². The Kier molecular flexibility index (Phi) is 5.50. The van der Waals surface area contributed by atoms with Gasteiger partial charge in [-0.25, -0.2) is 8.78 Å². The van der Waals surface area contributed by atoms with Crippen LogP contribution in [0.15, 0.2) is 12.1 Å². The van der Waals surface area contributed by atoms with Crippen LogP contribution in [0, 0.1) is 11.6 Å². The SMILES string of the molecule is CCNCc1cc(F)c(OCCC(=O)NC2CC2)c(F)c1. The van der Waals surface area contributed by atoms with E-state index in [4.69, 9.17) is 4.74 Å². The fourth-order valence-electron chi connectivity index (χ4n) is 1.89. The lowest BCUT2D eigenvalue weighted by Gasteiger charge is -2.10. The molecular weight excluding hydrogens is 278 g/mol. The monoisotopic (exact) mass is 298 g/mol. The first-order chi connectivity index (χ1) is 10.1. The largest absolute Gasteiger partial charge is 0.487 e. The van der Waals surface area contributed by atoms with Gasteiger partial charge >= 0.3 is 0 Å². The summed E-state index contributed by atoms with van der Waals surface area (Å²) in [5.41, 5.74) is 0.519. The highest BCUT2D eigenvalue weighted by Crippen LogP contribution is 2.23. The zero-order valence-corrected chi connectivity index (χ0v) is 12.0. The molecule has 0 spiro atoms. The number of halogens is 2. The summed E-state index contributed by atoms with van der Waals surface area (Å²) in [5, 5.41) is 5.78. The molecule has 1 aliphatic carbocycles.